The molecule has 0 heterocycles. The lowest BCUT2D eigenvalue weighted by Crippen LogP contribution is -2.14. The van der Waals surface area contributed by atoms with Crippen LogP contribution in [0.5, 0.6) is 0 Å². The van der Waals surface area contributed by atoms with Gasteiger partial charge in [0.2, 0.25) is 0 Å². The van der Waals surface area contributed by atoms with Crippen LogP contribution in [0.4, 0.5) is 26.3 Å². The smallest absolute Gasteiger partial charge is 0.389 e. The molecular formula is C7H9F6NO. The first kappa shape index (κ1) is 14.0. The average molecular weight is 237 g/mol. The van der Waals surface area contributed by atoms with Gasteiger partial charge in [0.05, 0.1) is 5.71 Å². The van der Waals surface area contributed by atoms with Crippen molar-refractivity contribution >= 4 is 5.71 Å². The minimum absolute atomic E-state index is 0.496. The van der Waals surface area contributed by atoms with E-state index < -0.39 is 43.7 Å². The van der Waals surface area contributed by atoms with Crippen LogP contribution >= 0.6 is 0 Å². The summed E-state index contributed by atoms with van der Waals surface area (Å²) in [6.07, 6.45) is -12.9. The molecule has 0 aromatic carbocycles. The summed E-state index contributed by atoms with van der Waals surface area (Å²) < 4.78 is 70.0. The third kappa shape index (κ3) is 9.36. The number of hydrogen-bond acceptors (Lipinski definition) is 2. The largest absolute Gasteiger partial charge is 0.411 e. The normalized spacial score (nSPS) is 12.7. The zero-order chi connectivity index (χ0) is 12.1. The molecule has 0 radical (unpaired) electrons. The molecule has 0 aliphatic heterocycles. The van der Waals surface area contributed by atoms with Crippen molar-refractivity contribution in [2.75, 3.05) is 0 Å². The fraction of sp³-hybridized carbons (Fsp3) is 0.857. The monoisotopic (exact) mass is 237 g/mol. The van der Waals surface area contributed by atoms with Crippen molar-refractivity contribution in [1.29, 1.82) is 0 Å². The fourth-order valence-corrected chi connectivity index (χ4v) is 0.797. The van der Waals surface area contributed by atoms with Crippen LogP contribution in [-0.4, -0.2) is 23.3 Å². The minimum Gasteiger partial charge on any atom is -0.411 e. The Kier molecular flexibility index (Phi) is 4.89. The Morgan fingerprint density at radius 1 is 0.867 bits per heavy atom. The van der Waals surface area contributed by atoms with Gasteiger partial charge in [-0.1, -0.05) is 5.16 Å². The zero-order valence-electron chi connectivity index (χ0n) is 7.49. The highest BCUT2D eigenvalue weighted by atomic mass is 19.4. The molecule has 0 amide bonds. The molecule has 0 aromatic heterocycles. The van der Waals surface area contributed by atoms with E-state index in [9.17, 15) is 26.3 Å². The summed E-state index contributed by atoms with van der Waals surface area (Å²) >= 11 is 0. The van der Waals surface area contributed by atoms with Gasteiger partial charge in [-0.25, -0.2) is 0 Å². The first-order valence-electron chi connectivity index (χ1n) is 3.97. The molecule has 90 valence electrons. The van der Waals surface area contributed by atoms with Gasteiger partial charge in [0.15, 0.2) is 0 Å². The van der Waals surface area contributed by atoms with Crippen LogP contribution in [0.1, 0.15) is 25.7 Å². The van der Waals surface area contributed by atoms with Gasteiger partial charge in [0, 0.05) is 12.8 Å². The summed E-state index contributed by atoms with van der Waals surface area (Å²) in [5, 5.41) is 10.6. The predicted octanol–water partition coefficient (Wildman–Crippen LogP) is 3.50. The van der Waals surface area contributed by atoms with Gasteiger partial charge in [0.1, 0.15) is 0 Å². The molecular weight excluding hydrogens is 228 g/mol. The zero-order valence-corrected chi connectivity index (χ0v) is 7.49. The van der Waals surface area contributed by atoms with E-state index in [-0.39, 0.29) is 0 Å². The Hall–Kier alpha value is -0.950. The van der Waals surface area contributed by atoms with Crippen molar-refractivity contribution in [3.8, 4) is 0 Å². The van der Waals surface area contributed by atoms with Crippen molar-refractivity contribution in [1.82, 2.24) is 0 Å². The SMILES string of the molecule is ON=C(CCC(F)(F)F)CCC(F)(F)F. The molecule has 0 saturated carbocycles. The molecule has 0 fully saturated rings. The second-order valence-corrected chi connectivity index (χ2v) is 2.90. The van der Waals surface area contributed by atoms with E-state index >= 15 is 0 Å². The van der Waals surface area contributed by atoms with Gasteiger partial charge in [-0.3, -0.25) is 0 Å². The van der Waals surface area contributed by atoms with Crippen molar-refractivity contribution in [2.45, 2.75) is 38.0 Å². The van der Waals surface area contributed by atoms with Crippen LogP contribution in [0.3, 0.4) is 0 Å². The van der Waals surface area contributed by atoms with Crippen LogP contribution in [0.2, 0.25) is 0 Å². The van der Waals surface area contributed by atoms with E-state index in [0.717, 1.165) is 0 Å². The number of nitrogens with zero attached hydrogens (tertiary/aromatic N) is 1. The number of hydrogen-bond donors (Lipinski definition) is 1. The van der Waals surface area contributed by atoms with Crippen LogP contribution in [0.15, 0.2) is 5.16 Å². The highest BCUT2D eigenvalue weighted by molar-refractivity contribution is 5.83. The highest BCUT2D eigenvalue weighted by Gasteiger charge is 2.30. The van der Waals surface area contributed by atoms with E-state index in [2.05, 4.69) is 5.16 Å². The topological polar surface area (TPSA) is 32.6 Å². The van der Waals surface area contributed by atoms with Crippen molar-refractivity contribution < 1.29 is 31.5 Å². The maximum atomic E-state index is 11.7. The van der Waals surface area contributed by atoms with Gasteiger partial charge in [-0.05, 0) is 12.8 Å². The number of rotatable bonds is 4. The summed E-state index contributed by atoms with van der Waals surface area (Å²) in [5.74, 6) is 0. The Labute approximate surface area is 81.6 Å². The van der Waals surface area contributed by atoms with E-state index in [0.29, 0.717) is 0 Å². The lowest BCUT2D eigenvalue weighted by molar-refractivity contribution is -0.134. The van der Waals surface area contributed by atoms with Crippen LogP contribution in [0, 0.1) is 0 Å². The average Bonchev–Trinajstić information content (AvgIpc) is 2.00. The first-order valence-corrected chi connectivity index (χ1v) is 3.97. The molecule has 0 unspecified atom stereocenters. The molecule has 0 atom stereocenters. The summed E-state index contributed by atoms with van der Waals surface area (Å²) in [4.78, 5) is 0. The summed E-state index contributed by atoms with van der Waals surface area (Å²) in [6.45, 7) is 0. The fourth-order valence-electron chi connectivity index (χ4n) is 0.797. The quantitative estimate of drug-likeness (QED) is 0.345. The Morgan fingerprint density at radius 2 is 1.20 bits per heavy atom. The highest BCUT2D eigenvalue weighted by Crippen LogP contribution is 2.25. The van der Waals surface area contributed by atoms with Crippen LogP contribution in [0.25, 0.3) is 0 Å². The maximum Gasteiger partial charge on any atom is 0.389 e. The predicted molar refractivity (Wildman–Crippen MR) is 39.8 cm³/mol. The lowest BCUT2D eigenvalue weighted by Gasteiger charge is -2.09. The number of alkyl halides is 6. The van der Waals surface area contributed by atoms with Crippen molar-refractivity contribution in [3.05, 3.63) is 0 Å². The third-order valence-corrected chi connectivity index (χ3v) is 1.54. The molecule has 0 spiro atoms. The summed E-state index contributed by atoms with van der Waals surface area (Å²) in [6, 6.07) is 0. The van der Waals surface area contributed by atoms with Crippen LogP contribution in [-0.2, 0) is 0 Å². The molecule has 2 nitrogen and oxygen atoms in total. The molecule has 1 N–H and O–H groups in total. The van der Waals surface area contributed by atoms with Gasteiger partial charge in [-0.15, -0.1) is 0 Å². The molecule has 0 aliphatic rings. The molecule has 0 bridgehead atoms. The van der Waals surface area contributed by atoms with E-state index in [1.54, 1.807) is 0 Å². The van der Waals surface area contributed by atoms with Gasteiger partial charge >= 0.3 is 12.4 Å². The summed E-state index contributed by atoms with van der Waals surface area (Å²) in [7, 11) is 0. The molecule has 15 heavy (non-hydrogen) atoms. The van der Waals surface area contributed by atoms with Gasteiger partial charge in [0.25, 0.3) is 0 Å². The second kappa shape index (κ2) is 5.22. The molecule has 0 rings (SSSR count). The minimum atomic E-state index is -4.46. The second-order valence-electron chi connectivity index (χ2n) is 2.90. The van der Waals surface area contributed by atoms with Crippen molar-refractivity contribution in [2.24, 2.45) is 5.16 Å². The first-order chi connectivity index (χ1) is 6.64. The number of oxime groups is 1. The molecule has 8 heteroatoms. The van der Waals surface area contributed by atoms with Crippen LogP contribution < -0.4 is 0 Å². The van der Waals surface area contributed by atoms with E-state index in [4.69, 9.17) is 5.21 Å². The van der Waals surface area contributed by atoms with Gasteiger partial charge < -0.3 is 5.21 Å². The Bertz CT molecular complexity index is 199. The maximum absolute atomic E-state index is 11.7. The molecule has 0 saturated heterocycles. The van der Waals surface area contributed by atoms with Gasteiger partial charge in [-0.2, -0.15) is 26.3 Å². The lowest BCUT2D eigenvalue weighted by atomic mass is 10.1. The Balaban J connectivity index is 3.97. The van der Waals surface area contributed by atoms with E-state index in [1.807, 2.05) is 0 Å². The third-order valence-electron chi connectivity index (χ3n) is 1.54. The molecule has 0 aromatic rings. The molecule has 0 aliphatic carbocycles. The standard InChI is InChI=1S/C7H9F6NO/c8-6(9,10)3-1-5(14-15)2-4-7(11,12)13/h15H,1-4H2. The van der Waals surface area contributed by atoms with E-state index in [1.165, 1.54) is 0 Å². The summed E-state index contributed by atoms with van der Waals surface area (Å²) in [5.41, 5.74) is -0.496. The van der Waals surface area contributed by atoms with Crippen molar-refractivity contribution in [3.63, 3.8) is 0 Å². The number of halogens is 6. The Morgan fingerprint density at radius 3 is 1.40 bits per heavy atom.